The minimum Gasteiger partial charge on any atom is -0.386 e. The van der Waals surface area contributed by atoms with Crippen molar-refractivity contribution in [2.75, 3.05) is 24.5 Å². The van der Waals surface area contributed by atoms with E-state index in [0.29, 0.717) is 25.9 Å². The summed E-state index contributed by atoms with van der Waals surface area (Å²) in [6.07, 6.45) is 5.25. The maximum Gasteiger partial charge on any atom is 0.221 e. The van der Waals surface area contributed by atoms with Crippen molar-refractivity contribution >= 4 is 11.7 Å². The first-order chi connectivity index (χ1) is 12.4. The zero-order valence-corrected chi connectivity index (χ0v) is 15.4. The van der Waals surface area contributed by atoms with Gasteiger partial charge in [0, 0.05) is 50.6 Å². The zero-order chi connectivity index (χ0) is 18.6. The molecular formula is C18H26N6O2. The summed E-state index contributed by atoms with van der Waals surface area (Å²) in [6.45, 7) is 5.89. The lowest BCUT2D eigenvalue weighted by atomic mass is 9.92. The Morgan fingerprint density at radius 1 is 1.35 bits per heavy atom. The van der Waals surface area contributed by atoms with Gasteiger partial charge in [-0.2, -0.15) is 5.10 Å². The molecule has 0 bridgehead atoms. The number of amides is 1. The molecular weight excluding hydrogens is 332 g/mol. The van der Waals surface area contributed by atoms with Crippen LogP contribution in [-0.4, -0.2) is 56.0 Å². The van der Waals surface area contributed by atoms with Crippen LogP contribution >= 0.6 is 0 Å². The van der Waals surface area contributed by atoms with Crippen molar-refractivity contribution in [1.29, 1.82) is 0 Å². The van der Waals surface area contributed by atoms with Crippen LogP contribution in [0.5, 0.6) is 0 Å². The Hall–Kier alpha value is -2.48. The van der Waals surface area contributed by atoms with Gasteiger partial charge in [0.15, 0.2) is 0 Å². The number of anilines is 1. The quantitative estimate of drug-likeness (QED) is 0.794. The second-order valence-electron chi connectivity index (χ2n) is 7.01. The number of piperidine rings is 1. The van der Waals surface area contributed by atoms with Gasteiger partial charge in [0.1, 0.15) is 12.1 Å². The largest absolute Gasteiger partial charge is 0.386 e. The van der Waals surface area contributed by atoms with E-state index in [0.717, 1.165) is 30.2 Å². The van der Waals surface area contributed by atoms with Crippen molar-refractivity contribution in [3.63, 3.8) is 0 Å². The normalized spacial score (nSPS) is 20.2. The van der Waals surface area contributed by atoms with E-state index >= 15 is 0 Å². The molecule has 1 aliphatic heterocycles. The molecule has 8 heteroatoms. The van der Waals surface area contributed by atoms with Crippen molar-refractivity contribution in [3.8, 4) is 0 Å². The van der Waals surface area contributed by atoms with Crippen LogP contribution in [0.4, 0.5) is 5.82 Å². The first kappa shape index (κ1) is 18.3. The van der Waals surface area contributed by atoms with Gasteiger partial charge in [-0.25, -0.2) is 9.97 Å². The van der Waals surface area contributed by atoms with E-state index in [2.05, 4.69) is 25.3 Å². The molecule has 0 radical (unpaired) electrons. The highest BCUT2D eigenvalue weighted by atomic mass is 16.3. The standard InChI is InChI=1S/C18H26N6O2/c1-14-4-8-24(22-14)9-5-17(25)19-11-18(26)6-3-7-23(12-18)16-10-15(2)20-13-21-16/h4,8,10,13,26H,3,5-7,9,11-12H2,1-2H3,(H,19,25)/t18-/m1/s1. The van der Waals surface area contributed by atoms with E-state index < -0.39 is 5.60 Å². The number of β-amino-alcohol motifs (C(OH)–C–C–N with tert-alkyl or cyclic N) is 1. The molecule has 1 fully saturated rings. The van der Waals surface area contributed by atoms with Crippen LogP contribution in [-0.2, 0) is 11.3 Å². The van der Waals surface area contributed by atoms with Gasteiger partial charge >= 0.3 is 0 Å². The van der Waals surface area contributed by atoms with Gasteiger partial charge < -0.3 is 15.3 Å². The van der Waals surface area contributed by atoms with E-state index in [4.69, 9.17) is 0 Å². The van der Waals surface area contributed by atoms with Crippen molar-refractivity contribution in [2.45, 2.75) is 45.3 Å². The van der Waals surface area contributed by atoms with Gasteiger partial charge in [-0.1, -0.05) is 0 Å². The predicted molar refractivity (Wildman–Crippen MR) is 97.8 cm³/mol. The second kappa shape index (κ2) is 7.82. The number of aryl methyl sites for hydroxylation is 3. The van der Waals surface area contributed by atoms with Gasteiger partial charge in [-0.3, -0.25) is 9.48 Å². The Morgan fingerprint density at radius 3 is 2.92 bits per heavy atom. The highest BCUT2D eigenvalue weighted by molar-refractivity contribution is 5.75. The van der Waals surface area contributed by atoms with Gasteiger partial charge in [-0.15, -0.1) is 0 Å². The Labute approximate surface area is 153 Å². The lowest BCUT2D eigenvalue weighted by Crippen LogP contribution is -2.54. The molecule has 0 aromatic carbocycles. The average Bonchev–Trinajstić information content (AvgIpc) is 3.04. The number of nitrogens with one attached hydrogen (secondary N) is 1. The molecule has 140 valence electrons. The van der Waals surface area contributed by atoms with Gasteiger partial charge in [0.05, 0.1) is 11.3 Å². The molecule has 1 saturated heterocycles. The molecule has 1 amide bonds. The van der Waals surface area contributed by atoms with Crippen molar-refractivity contribution < 1.29 is 9.90 Å². The summed E-state index contributed by atoms with van der Waals surface area (Å²) < 4.78 is 1.75. The highest BCUT2D eigenvalue weighted by Crippen LogP contribution is 2.24. The maximum atomic E-state index is 12.1. The lowest BCUT2D eigenvalue weighted by Gasteiger charge is -2.39. The third-order valence-corrected chi connectivity index (χ3v) is 4.63. The maximum absolute atomic E-state index is 12.1. The Balaban J connectivity index is 1.50. The number of carbonyl (C=O) groups excluding carboxylic acids is 1. The van der Waals surface area contributed by atoms with Crippen LogP contribution in [0.3, 0.4) is 0 Å². The van der Waals surface area contributed by atoms with Gasteiger partial charge in [0.25, 0.3) is 0 Å². The molecule has 0 unspecified atom stereocenters. The van der Waals surface area contributed by atoms with E-state index in [9.17, 15) is 9.90 Å². The third-order valence-electron chi connectivity index (χ3n) is 4.63. The summed E-state index contributed by atoms with van der Waals surface area (Å²) >= 11 is 0. The van der Waals surface area contributed by atoms with Gasteiger partial charge in [0.2, 0.25) is 5.91 Å². The van der Waals surface area contributed by atoms with Crippen LogP contribution < -0.4 is 10.2 Å². The third kappa shape index (κ3) is 4.78. The van der Waals surface area contributed by atoms with Crippen LogP contribution in [0.15, 0.2) is 24.7 Å². The second-order valence-corrected chi connectivity index (χ2v) is 7.01. The summed E-state index contributed by atoms with van der Waals surface area (Å²) in [5, 5.41) is 18.0. The Kier molecular flexibility index (Phi) is 5.51. The number of nitrogens with zero attached hydrogens (tertiary/aromatic N) is 5. The monoisotopic (exact) mass is 358 g/mol. The molecule has 0 spiro atoms. The van der Waals surface area contributed by atoms with Crippen molar-refractivity contribution in [2.24, 2.45) is 0 Å². The van der Waals surface area contributed by atoms with Crippen LogP contribution in [0, 0.1) is 13.8 Å². The zero-order valence-electron chi connectivity index (χ0n) is 15.4. The molecule has 2 aromatic heterocycles. The molecule has 2 N–H and O–H groups in total. The summed E-state index contributed by atoms with van der Waals surface area (Å²) in [6, 6.07) is 3.82. The molecule has 8 nitrogen and oxygen atoms in total. The SMILES string of the molecule is Cc1cc(N2CCC[C@@](O)(CNC(=O)CCn3ccc(C)n3)C2)ncn1. The fourth-order valence-corrected chi connectivity index (χ4v) is 3.22. The number of aliphatic hydroxyl groups is 1. The fourth-order valence-electron chi connectivity index (χ4n) is 3.22. The smallest absolute Gasteiger partial charge is 0.221 e. The summed E-state index contributed by atoms with van der Waals surface area (Å²) in [7, 11) is 0. The van der Waals surface area contributed by atoms with E-state index in [-0.39, 0.29) is 12.5 Å². The summed E-state index contributed by atoms with van der Waals surface area (Å²) in [5.74, 6) is 0.734. The molecule has 0 saturated carbocycles. The summed E-state index contributed by atoms with van der Waals surface area (Å²) in [5.41, 5.74) is 0.878. The van der Waals surface area contributed by atoms with Crippen molar-refractivity contribution in [1.82, 2.24) is 25.1 Å². The fraction of sp³-hybridized carbons (Fsp3) is 0.556. The number of aromatic nitrogens is 4. The molecule has 3 rings (SSSR count). The van der Waals surface area contributed by atoms with E-state index in [1.54, 1.807) is 4.68 Å². The molecule has 2 aromatic rings. The van der Waals surface area contributed by atoms with Crippen molar-refractivity contribution in [3.05, 3.63) is 36.0 Å². The van der Waals surface area contributed by atoms with Crippen LogP contribution in [0.25, 0.3) is 0 Å². The van der Waals surface area contributed by atoms with Gasteiger partial charge in [-0.05, 0) is 32.8 Å². The number of hydrogen-bond acceptors (Lipinski definition) is 6. The number of hydrogen-bond donors (Lipinski definition) is 2. The molecule has 26 heavy (non-hydrogen) atoms. The average molecular weight is 358 g/mol. The molecule has 1 atom stereocenters. The minimum atomic E-state index is -0.949. The van der Waals surface area contributed by atoms with E-state index in [1.807, 2.05) is 32.2 Å². The number of carbonyl (C=O) groups is 1. The number of rotatable bonds is 6. The lowest BCUT2D eigenvalue weighted by molar-refractivity contribution is -0.122. The Bertz CT molecular complexity index is 762. The topological polar surface area (TPSA) is 96.2 Å². The first-order valence-electron chi connectivity index (χ1n) is 8.96. The van der Waals surface area contributed by atoms with Crippen LogP contribution in [0.2, 0.25) is 0 Å². The summed E-state index contributed by atoms with van der Waals surface area (Å²) in [4.78, 5) is 22.6. The minimum absolute atomic E-state index is 0.0819. The van der Waals surface area contributed by atoms with Crippen LogP contribution in [0.1, 0.15) is 30.7 Å². The Morgan fingerprint density at radius 2 is 2.19 bits per heavy atom. The van der Waals surface area contributed by atoms with E-state index in [1.165, 1.54) is 6.33 Å². The first-order valence-corrected chi connectivity index (χ1v) is 8.96. The molecule has 3 heterocycles. The molecule has 1 aliphatic rings. The molecule has 0 aliphatic carbocycles. The highest BCUT2D eigenvalue weighted by Gasteiger charge is 2.34. The predicted octanol–water partition coefficient (Wildman–Crippen LogP) is 0.828.